The molecule has 1 aliphatic rings. The van der Waals surface area contributed by atoms with E-state index in [2.05, 4.69) is 94.5 Å². The highest BCUT2D eigenvalue weighted by molar-refractivity contribution is 6.03. The van der Waals surface area contributed by atoms with Gasteiger partial charge in [0, 0.05) is 41.3 Å². The van der Waals surface area contributed by atoms with Crippen molar-refractivity contribution in [3.05, 3.63) is 193 Å². The van der Waals surface area contributed by atoms with Gasteiger partial charge in [-0.25, -0.2) is 0 Å². The van der Waals surface area contributed by atoms with Crippen LogP contribution in [0, 0.1) is 0 Å². The van der Waals surface area contributed by atoms with E-state index in [-0.39, 0.29) is 17.4 Å². The standard InChI is InChI=1S/C45H33N3O3/c49-44-29-38(25-26-39(44)45(50)51)47-41(33-15-7-2-8-16-33)27-36(28-42(47)34-17-9-3-10-18-34)31-21-23-37(24-22-31)48-43(35-19-11-4-12-20-35)30-40(46-48)32-13-5-1-6-14-32/h1-29,43H,30H2,(H-,49,50,51). The molecule has 6 nitrogen and oxygen atoms in total. The minimum Gasteiger partial charge on any atom is -0.545 e. The summed E-state index contributed by atoms with van der Waals surface area (Å²) in [5.41, 5.74) is 10.4. The number of carbonyl (C=O) groups is 1. The number of phenols is 1. The number of nitrogens with zero attached hydrogens (tertiary/aromatic N) is 3. The number of carboxylic acids is 1. The predicted octanol–water partition coefficient (Wildman–Crippen LogP) is 8.39. The van der Waals surface area contributed by atoms with Gasteiger partial charge in [0.2, 0.25) is 17.1 Å². The summed E-state index contributed by atoms with van der Waals surface area (Å²) in [6.07, 6.45) is 0.800. The van der Waals surface area contributed by atoms with Gasteiger partial charge in [-0.3, -0.25) is 5.01 Å². The second-order valence-electron chi connectivity index (χ2n) is 12.5. The van der Waals surface area contributed by atoms with Gasteiger partial charge in [-0.05, 0) is 64.7 Å². The van der Waals surface area contributed by atoms with Crippen molar-refractivity contribution in [3.63, 3.8) is 0 Å². The summed E-state index contributed by atoms with van der Waals surface area (Å²) >= 11 is 0. The second kappa shape index (κ2) is 13.6. The molecular weight excluding hydrogens is 631 g/mol. The number of carboxylic acid groups (broad SMARTS) is 1. The van der Waals surface area contributed by atoms with Crippen molar-refractivity contribution < 1.29 is 19.6 Å². The molecule has 8 rings (SSSR count). The van der Waals surface area contributed by atoms with Gasteiger partial charge in [-0.1, -0.05) is 109 Å². The van der Waals surface area contributed by atoms with Crippen LogP contribution < -0.4 is 14.7 Å². The van der Waals surface area contributed by atoms with E-state index in [0.29, 0.717) is 5.69 Å². The Morgan fingerprint density at radius 3 is 1.67 bits per heavy atom. The number of anilines is 1. The van der Waals surface area contributed by atoms with Crippen LogP contribution in [0.1, 0.15) is 33.9 Å². The molecule has 51 heavy (non-hydrogen) atoms. The van der Waals surface area contributed by atoms with Crippen molar-refractivity contribution in [2.45, 2.75) is 12.5 Å². The van der Waals surface area contributed by atoms with E-state index in [1.54, 1.807) is 6.07 Å². The second-order valence-corrected chi connectivity index (χ2v) is 12.5. The number of rotatable bonds is 8. The van der Waals surface area contributed by atoms with E-state index < -0.39 is 5.97 Å². The number of aromatic nitrogens is 1. The van der Waals surface area contributed by atoms with Crippen LogP contribution in [0.2, 0.25) is 0 Å². The van der Waals surface area contributed by atoms with Gasteiger partial charge in [0.1, 0.15) is 5.75 Å². The lowest BCUT2D eigenvalue weighted by atomic mass is 9.97. The third kappa shape index (κ3) is 6.27. The van der Waals surface area contributed by atoms with Crippen LogP contribution in [0.3, 0.4) is 0 Å². The maximum Gasteiger partial charge on any atom is 0.219 e. The Kier molecular flexibility index (Phi) is 8.40. The lowest BCUT2D eigenvalue weighted by molar-refractivity contribution is -0.572. The summed E-state index contributed by atoms with van der Waals surface area (Å²) in [6.45, 7) is 0. The van der Waals surface area contributed by atoms with Crippen molar-refractivity contribution >= 4 is 17.4 Å². The molecule has 0 spiro atoms. The van der Waals surface area contributed by atoms with E-state index in [1.807, 2.05) is 72.8 Å². The number of hydrogen-bond acceptors (Lipinski definition) is 5. The smallest absolute Gasteiger partial charge is 0.219 e. The summed E-state index contributed by atoms with van der Waals surface area (Å²) in [7, 11) is 0. The summed E-state index contributed by atoms with van der Waals surface area (Å²) < 4.78 is 2.05. The molecule has 0 saturated heterocycles. The first-order valence-electron chi connectivity index (χ1n) is 16.9. The Morgan fingerprint density at radius 2 is 1.14 bits per heavy atom. The molecule has 2 heterocycles. The van der Waals surface area contributed by atoms with Crippen LogP contribution in [0.25, 0.3) is 39.3 Å². The largest absolute Gasteiger partial charge is 0.545 e. The quantitative estimate of drug-likeness (QED) is 0.166. The van der Waals surface area contributed by atoms with Gasteiger partial charge in [-0.2, -0.15) is 9.67 Å². The van der Waals surface area contributed by atoms with Crippen LogP contribution in [-0.2, 0) is 0 Å². The fraction of sp³-hybridized carbons (Fsp3) is 0.0444. The SMILES string of the molecule is O=C([O-])c1ccc(-[n+]2c(-c3ccccc3)cc(-c3ccc(N4N=C(c5ccccc5)CC4c4ccccc4)cc3)cc2-c2ccccc2)cc1O. The van der Waals surface area contributed by atoms with Crippen molar-refractivity contribution in [1.29, 1.82) is 0 Å². The molecule has 6 heteroatoms. The topological polar surface area (TPSA) is 79.8 Å². The van der Waals surface area contributed by atoms with E-state index >= 15 is 0 Å². The number of pyridine rings is 1. The zero-order chi connectivity index (χ0) is 34.7. The van der Waals surface area contributed by atoms with Crippen LogP contribution in [0.4, 0.5) is 5.69 Å². The third-order valence-electron chi connectivity index (χ3n) is 9.33. The molecule has 0 bridgehead atoms. The first-order chi connectivity index (χ1) is 25.0. The average molecular weight is 664 g/mol. The van der Waals surface area contributed by atoms with Gasteiger partial charge < -0.3 is 15.0 Å². The summed E-state index contributed by atoms with van der Waals surface area (Å²) in [5.74, 6) is -1.79. The molecule has 1 atom stereocenters. The molecule has 0 saturated carbocycles. The molecule has 1 unspecified atom stereocenters. The highest BCUT2D eigenvalue weighted by atomic mass is 16.4. The molecule has 0 fully saturated rings. The molecule has 1 aromatic heterocycles. The number of hydrogen-bond donors (Lipinski definition) is 1. The molecule has 0 aliphatic carbocycles. The molecule has 7 aromatic rings. The Balaban J connectivity index is 1.26. The van der Waals surface area contributed by atoms with Crippen LogP contribution in [0.15, 0.2) is 181 Å². The average Bonchev–Trinajstić information content (AvgIpc) is 3.64. The first-order valence-corrected chi connectivity index (χ1v) is 16.9. The van der Waals surface area contributed by atoms with Crippen LogP contribution >= 0.6 is 0 Å². The number of aromatic carboxylic acids is 1. The maximum absolute atomic E-state index is 11.6. The molecule has 1 N–H and O–H groups in total. The van der Waals surface area contributed by atoms with Gasteiger partial charge in [-0.15, -0.1) is 0 Å². The van der Waals surface area contributed by atoms with Crippen molar-refractivity contribution in [3.8, 4) is 45.1 Å². The summed E-state index contributed by atoms with van der Waals surface area (Å²) in [4.78, 5) is 11.6. The highest BCUT2D eigenvalue weighted by Crippen LogP contribution is 2.38. The number of benzene rings is 6. The first kappa shape index (κ1) is 31.5. The fourth-order valence-corrected chi connectivity index (χ4v) is 6.81. The Hall–Kier alpha value is -6.79. The van der Waals surface area contributed by atoms with E-state index in [1.165, 1.54) is 17.7 Å². The minimum absolute atomic E-state index is 0.0667. The van der Waals surface area contributed by atoms with Crippen LogP contribution in [-0.4, -0.2) is 16.8 Å². The molecule has 0 amide bonds. The van der Waals surface area contributed by atoms with Crippen molar-refractivity contribution in [2.75, 3.05) is 5.01 Å². The molecule has 6 aromatic carbocycles. The zero-order valence-electron chi connectivity index (χ0n) is 27.6. The minimum atomic E-state index is -1.43. The summed E-state index contributed by atoms with van der Waals surface area (Å²) in [5, 5.41) is 29.6. The monoisotopic (exact) mass is 663 g/mol. The lowest BCUT2D eigenvalue weighted by Crippen LogP contribution is -2.36. The zero-order valence-corrected chi connectivity index (χ0v) is 27.6. The van der Waals surface area contributed by atoms with E-state index in [9.17, 15) is 15.0 Å². The van der Waals surface area contributed by atoms with E-state index in [0.717, 1.165) is 57.0 Å². The maximum atomic E-state index is 11.6. The van der Waals surface area contributed by atoms with Gasteiger partial charge in [0.05, 0.1) is 29.5 Å². The molecular formula is C45H33N3O3. The Morgan fingerprint density at radius 1 is 0.608 bits per heavy atom. The van der Waals surface area contributed by atoms with Gasteiger partial charge in [0.15, 0.2) is 0 Å². The Bertz CT molecular complexity index is 2300. The van der Waals surface area contributed by atoms with E-state index in [4.69, 9.17) is 5.10 Å². The van der Waals surface area contributed by atoms with Gasteiger partial charge in [0.25, 0.3) is 0 Å². The van der Waals surface area contributed by atoms with Crippen molar-refractivity contribution in [1.82, 2.24) is 0 Å². The van der Waals surface area contributed by atoms with Gasteiger partial charge >= 0.3 is 0 Å². The lowest BCUT2D eigenvalue weighted by Gasteiger charge is -2.24. The van der Waals surface area contributed by atoms with Crippen LogP contribution in [0.5, 0.6) is 5.75 Å². The third-order valence-corrected chi connectivity index (χ3v) is 9.33. The number of carbonyl (C=O) groups excluding carboxylic acids is 1. The van der Waals surface area contributed by atoms with Crippen molar-refractivity contribution in [2.24, 2.45) is 5.10 Å². The fourth-order valence-electron chi connectivity index (χ4n) is 6.81. The summed E-state index contributed by atoms with van der Waals surface area (Å²) in [6, 6.07) is 58.4. The Labute approximate surface area is 296 Å². The molecule has 0 radical (unpaired) electrons. The normalized spacial score (nSPS) is 13.9. The highest BCUT2D eigenvalue weighted by Gasteiger charge is 2.30. The number of aromatic hydroxyl groups is 1. The molecule has 246 valence electrons. The predicted molar refractivity (Wildman–Crippen MR) is 200 cm³/mol. The molecule has 1 aliphatic heterocycles. The number of hydrazone groups is 1.